The van der Waals surface area contributed by atoms with E-state index in [1.54, 1.807) is 7.11 Å². The van der Waals surface area contributed by atoms with Gasteiger partial charge < -0.3 is 14.8 Å². The molecule has 1 aromatic rings. The summed E-state index contributed by atoms with van der Waals surface area (Å²) in [5.41, 5.74) is 1.25. The Labute approximate surface area is 107 Å². The maximum atomic E-state index is 11.4. The number of esters is 1. The summed E-state index contributed by atoms with van der Waals surface area (Å²) in [7, 11) is 3.10. The highest BCUT2D eigenvalue weighted by Gasteiger charge is 2.27. The van der Waals surface area contributed by atoms with Gasteiger partial charge in [-0.15, -0.1) is 0 Å². The van der Waals surface area contributed by atoms with Crippen LogP contribution in [-0.4, -0.2) is 32.8 Å². The minimum Gasteiger partial charge on any atom is -0.497 e. The van der Waals surface area contributed by atoms with E-state index in [1.165, 1.54) is 12.7 Å². The van der Waals surface area contributed by atoms with Gasteiger partial charge in [0.25, 0.3) is 0 Å². The van der Waals surface area contributed by atoms with E-state index in [1.807, 2.05) is 12.1 Å². The zero-order valence-electron chi connectivity index (χ0n) is 10.8. The molecular formula is C14H19NO3. The number of rotatable bonds is 3. The molecule has 0 aromatic heterocycles. The van der Waals surface area contributed by atoms with Gasteiger partial charge in [0.05, 0.1) is 14.2 Å². The number of benzene rings is 1. The second kappa shape index (κ2) is 5.87. The first-order valence-corrected chi connectivity index (χ1v) is 6.19. The zero-order valence-corrected chi connectivity index (χ0v) is 10.8. The highest BCUT2D eigenvalue weighted by molar-refractivity contribution is 5.75. The van der Waals surface area contributed by atoms with Gasteiger partial charge in [-0.2, -0.15) is 0 Å². The summed E-state index contributed by atoms with van der Waals surface area (Å²) in [5.74, 6) is 1.14. The van der Waals surface area contributed by atoms with Crippen molar-refractivity contribution in [2.75, 3.05) is 20.8 Å². The van der Waals surface area contributed by atoms with E-state index < -0.39 is 0 Å². The summed E-state index contributed by atoms with van der Waals surface area (Å²) < 4.78 is 9.97. The Hall–Kier alpha value is -1.55. The molecule has 1 fully saturated rings. The minimum atomic E-state index is -0.168. The van der Waals surface area contributed by atoms with E-state index in [-0.39, 0.29) is 12.0 Å². The highest BCUT2D eigenvalue weighted by atomic mass is 16.5. The van der Waals surface area contributed by atoms with Gasteiger partial charge in [0, 0.05) is 6.54 Å². The average molecular weight is 249 g/mol. The molecule has 0 saturated carbocycles. The van der Waals surface area contributed by atoms with Crippen molar-refractivity contribution < 1.29 is 14.3 Å². The van der Waals surface area contributed by atoms with E-state index in [9.17, 15) is 4.79 Å². The van der Waals surface area contributed by atoms with Gasteiger partial charge in [-0.25, -0.2) is 0 Å². The van der Waals surface area contributed by atoms with Crippen LogP contribution in [0.25, 0.3) is 0 Å². The van der Waals surface area contributed by atoms with Gasteiger partial charge in [-0.1, -0.05) is 12.1 Å². The molecule has 0 unspecified atom stereocenters. The number of carbonyl (C=O) groups excluding carboxylic acids is 1. The van der Waals surface area contributed by atoms with Crippen LogP contribution in [0.3, 0.4) is 0 Å². The van der Waals surface area contributed by atoms with Crippen LogP contribution < -0.4 is 10.1 Å². The van der Waals surface area contributed by atoms with Crippen molar-refractivity contribution in [3.8, 4) is 5.75 Å². The number of hydrogen-bond acceptors (Lipinski definition) is 4. The van der Waals surface area contributed by atoms with Crippen molar-refractivity contribution in [1.29, 1.82) is 0 Å². The molecule has 0 amide bonds. The Morgan fingerprint density at radius 1 is 1.33 bits per heavy atom. The molecule has 1 heterocycles. The van der Waals surface area contributed by atoms with Crippen LogP contribution in [-0.2, 0) is 9.53 Å². The molecule has 4 heteroatoms. The Balaban J connectivity index is 1.98. The Bertz CT molecular complexity index is 411. The third kappa shape index (κ3) is 2.82. The molecular weight excluding hydrogens is 230 g/mol. The summed E-state index contributed by atoms with van der Waals surface area (Å²) in [6, 6.07) is 7.95. The second-order valence-electron chi connectivity index (χ2n) is 4.53. The molecule has 1 saturated heterocycles. The van der Waals surface area contributed by atoms with E-state index in [2.05, 4.69) is 17.4 Å². The Kier molecular flexibility index (Phi) is 4.20. The van der Waals surface area contributed by atoms with E-state index >= 15 is 0 Å². The topological polar surface area (TPSA) is 47.6 Å². The van der Waals surface area contributed by atoms with Crippen molar-refractivity contribution in [3.05, 3.63) is 29.8 Å². The summed E-state index contributed by atoms with van der Waals surface area (Å²) in [4.78, 5) is 11.4. The largest absolute Gasteiger partial charge is 0.497 e. The molecule has 1 aliphatic rings. The number of hydrogen-bond donors (Lipinski definition) is 1. The first kappa shape index (κ1) is 12.9. The van der Waals surface area contributed by atoms with Crippen molar-refractivity contribution in [3.63, 3.8) is 0 Å². The van der Waals surface area contributed by atoms with Gasteiger partial charge in [-0.3, -0.25) is 4.79 Å². The molecule has 2 rings (SSSR count). The molecule has 4 nitrogen and oxygen atoms in total. The highest BCUT2D eigenvalue weighted by Crippen LogP contribution is 2.27. The molecule has 0 aliphatic carbocycles. The lowest BCUT2D eigenvalue weighted by Crippen LogP contribution is -2.43. The van der Waals surface area contributed by atoms with Crippen LogP contribution in [0.4, 0.5) is 0 Å². The lowest BCUT2D eigenvalue weighted by Gasteiger charge is -2.28. The van der Waals surface area contributed by atoms with Gasteiger partial charge in [0.15, 0.2) is 0 Å². The maximum absolute atomic E-state index is 11.4. The normalized spacial score (nSPS) is 23.4. The summed E-state index contributed by atoms with van der Waals surface area (Å²) >= 11 is 0. The van der Waals surface area contributed by atoms with Crippen molar-refractivity contribution >= 4 is 5.97 Å². The predicted octanol–water partition coefficient (Wildman–Crippen LogP) is 1.70. The van der Waals surface area contributed by atoms with E-state index in [4.69, 9.17) is 9.47 Å². The number of ether oxygens (including phenoxy) is 2. The zero-order chi connectivity index (χ0) is 13.0. The van der Waals surface area contributed by atoms with Crippen molar-refractivity contribution in [2.24, 2.45) is 0 Å². The quantitative estimate of drug-likeness (QED) is 0.828. The van der Waals surface area contributed by atoms with Crippen LogP contribution in [0.15, 0.2) is 24.3 Å². The lowest BCUT2D eigenvalue weighted by molar-refractivity contribution is -0.143. The third-order valence-electron chi connectivity index (χ3n) is 3.47. The molecule has 0 bridgehead atoms. The van der Waals surface area contributed by atoms with E-state index in [0.717, 1.165) is 25.1 Å². The second-order valence-corrected chi connectivity index (χ2v) is 4.53. The van der Waals surface area contributed by atoms with Gasteiger partial charge in [0.2, 0.25) is 0 Å². The van der Waals surface area contributed by atoms with Gasteiger partial charge >= 0.3 is 5.97 Å². The fourth-order valence-corrected chi connectivity index (χ4v) is 2.38. The Morgan fingerprint density at radius 3 is 2.78 bits per heavy atom. The molecule has 98 valence electrons. The molecule has 1 aromatic carbocycles. The number of carbonyl (C=O) groups is 1. The molecule has 0 radical (unpaired) electrons. The number of nitrogens with one attached hydrogen (secondary N) is 1. The average Bonchev–Trinajstić information content (AvgIpc) is 2.46. The SMILES string of the molecule is COC(=O)[C@H]1CC[C@H](c2cccc(OC)c2)CN1. The summed E-state index contributed by atoms with van der Waals surface area (Å²) in [5, 5.41) is 3.24. The molecule has 0 spiro atoms. The number of piperidine rings is 1. The first-order valence-electron chi connectivity index (χ1n) is 6.19. The fourth-order valence-electron chi connectivity index (χ4n) is 2.38. The van der Waals surface area contributed by atoms with Crippen molar-refractivity contribution in [1.82, 2.24) is 5.32 Å². The van der Waals surface area contributed by atoms with Gasteiger partial charge in [0.1, 0.15) is 11.8 Å². The lowest BCUT2D eigenvalue weighted by atomic mass is 9.88. The number of methoxy groups -OCH3 is 2. The predicted molar refractivity (Wildman–Crippen MR) is 68.8 cm³/mol. The monoisotopic (exact) mass is 249 g/mol. The maximum Gasteiger partial charge on any atom is 0.322 e. The smallest absolute Gasteiger partial charge is 0.322 e. The van der Waals surface area contributed by atoms with Crippen LogP contribution in [0, 0.1) is 0 Å². The Morgan fingerprint density at radius 2 is 2.17 bits per heavy atom. The van der Waals surface area contributed by atoms with Crippen LogP contribution in [0.2, 0.25) is 0 Å². The molecule has 1 N–H and O–H groups in total. The standard InChI is InChI=1S/C14H19NO3/c1-17-12-5-3-4-10(8-12)11-6-7-13(15-9-11)14(16)18-2/h3-5,8,11,13,15H,6-7,9H2,1-2H3/t11-,13+/m0/s1. The summed E-state index contributed by atoms with van der Waals surface area (Å²) in [6.07, 6.45) is 1.80. The van der Waals surface area contributed by atoms with E-state index in [0.29, 0.717) is 5.92 Å². The minimum absolute atomic E-state index is 0.156. The molecule has 2 atom stereocenters. The summed E-state index contributed by atoms with van der Waals surface area (Å²) in [6.45, 7) is 0.799. The van der Waals surface area contributed by atoms with Crippen LogP contribution >= 0.6 is 0 Å². The molecule has 18 heavy (non-hydrogen) atoms. The third-order valence-corrected chi connectivity index (χ3v) is 3.47. The van der Waals surface area contributed by atoms with Crippen molar-refractivity contribution in [2.45, 2.75) is 24.8 Å². The van der Waals surface area contributed by atoms with Crippen LogP contribution in [0.5, 0.6) is 5.75 Å². The van der Waals surface area contributed by atoms with Crippen LogP contribution in [0.1, 0.15) is 24.3 Å². The fraction of sp³-hybridized carbons (Fsp3) is 0.500. The first-order chi connectivity index (χ1) is 8.74. The van der Waals surface area contributed by atoms with Gasteiger partial charge in [-0.05, 0) is 36.5 Å². The molecule has 1 aliphatic heterocycles.